The summed E-state index contributed by atoms with van der Waals surface area (Å²) in [6, 6.07) is 23.3. The van der Waals surface area contributed by atoms with E-state index in [0.29, 0.717) is 0 Å². The number of benzene rings is 3. The molecule has 9 rings (SSSR count). The minimum atomic E-state index is -1.25. The molecule has 0 bridgehead atoms. The SMILES string of the molecule is CCl.CN1CCC2(CC1)C(=O)N(C(C)(C)C(=O)O)c1ccccc12.COC(=O)C(C)(C)N1C(=O)C2(CCN(C)CC2)c2ccccc21.COC(=O)C(C)(C)N1C(=O)C2(CCNCC2)c2ccccc21.[Li+].[OH-]. The van der Waals surface area contributed by atoms with E-state index in [1.54, 1.807) is 51.3 Å². The van der Waals surface area contributed by atoms with Gasteiger partial charge in [0.05, 0.1) is 30.5 Å². The predicted molar refractivity (Wildman–Crippen MR) is 270 cm³/mol. The van der Waals surface area contributed by atoms with Crippen LogP contribution >= 0.6 is 11.6 Å². The number of aliphatic carboxylic acids is 1. The van der Waals surface area contributed by atoms with Gasteiger partial charge in [-0.25, -0.2) is 14.4 Å². The summed E-state index contributed by atoms with van der Waals surface area (Å²) in [5, 5.41) is 12.9. The summed E-state index contributed by atoms with van der Waals surface area (Å²) in [5.41, 5.74) is 0.658. The Morgan fingerprint density at radius 2 is 0.803 bits per heavy atom. The van der Waals surface area contributed by atoms with Gasteiger partial charge in [-0.05, 0) is 168 Å². The molecule has 0 radical (unpaired) electrons. The average Bonchev–Trinajstić information content (AvgIpc) is 3.85. The Morgan fingerprint density at radius 3 is 1.08 bits per heavy atom. The fraction of sp³-hybridized carbons (Fsp3) is 0.547. The number of anilines is 3. The maximum Gasteiger partial charge on any atom is 1.00 e. The topological polar surface area (TPSA) is 199 Å². The molecule has 3 aromatic rings. The van der Waals surface area contributed by atoms with Gasteiger partial charge in [-0.3, -0.25) is 29.1 Å². The Morgan fingerprint density at radius 1 is 0.535 bits per heavy atom. The number of piperidine rings is 3. The summed E-state index contributed by atoms with van der Waals surface area (Å²) >= 11 is 4.64. The first-order chi connectivity index (χ1) is 32.6. The van der Waals surface area contributed by atoms with E-state index in [1.807, 2.05) is 72.8 Å². The number of rotatable bonds is 6. The molecule has 6 aliphatic rings. The number of esters is 2. The fourth-order valence-electron chi connectivity index (χ4n) is 11.3. The molecule has 3 aromatic carbocycles. The normalized spacial score (nSPS) is 19.6. The van der Waals surface area contributed by atoms with Crippen molar-refractivity contribution in [1.29, 1.82) is 0 Å². The van der Waals surface area contributed by atoms with Crippen molar-refractivity contribution >= 4 is 64.3 Å². The van der Waals surface area contributed by atoms with Crippen molar-refractivity contribution in [2.45, 2.75) is 113 Å². The van der Waals surface area contributed by atoms with E-state index in [-0.39, 0.29) is 42.1 Å². The largest absolute Gasteiger partial charge is 1.00 e. The number of amides is 3. The van der Waals surface area contributed by atoms with Crippen molar-refractivity contribution in [3.05, 3.63) is 89.5 Å². The second-order valence-electron chi connectivity index (χ2n) is 20.5. The number of alkyl halides is 1. The van der Waals surface area contributed by atoms with Gasteiger partial charge >= 0.3 is 36.8 Å². The van der Waals surface area contributed by atoms with Crippen LogP contribution < -0.4 is 38.9 Å². The first-order valence-corrected chi connectivity index (χ1v) is 24.5. The molecule has 3 amide bonds. The fourth-order valence-corrected chi connectivity index (χ4v) is 11.3. The number of nitrogens with zero attached hydrogens (tertiary/aromatic N) is 5. The van der Waals surface area contributed by atoms with E-state index in [4.69, 9.17) is 9.47 Å². The molecule has 0 aliphatic carbocycles. The summed E-state index contributed by atoms with van der Waals surface area (Å²) in [7, 11) is 6.85. The number of likely N-dealkylation sites (tertiary alicyclic amines) is 2. The molecule has 3 N–H and O–H groups in total. The number of para-hydroxylation sites is 3. The van der Waals surface area contributed by atoms with Crippen LogP contribution in [0.5, 0.6) is 0 Å². The van der Waals surface area contributed by atoms with Gasteiger partial charge in [0.1, 0.15) is 16.6 Å². The summed E-state index contributed by atoms with van der Waals surface area (Å²) in [5.74, 6) is -1.80. The minimum absolute atomic E-state index is 0. The Balaban J connectivity index is 0.000000224. The van der Waals surface area contributed by atoms with Crippen LogP contribution in [0.25, 0.3) is 0 Å². The maximum absolute atomic E-state index is 13.4. The van der Waals surface area contributed by atoms with Crippen LogP contribution in [0.2, 0.25) is 0 Å². The predicted octanol–water partition coefficient (Wildman–Crippen LogP) is 3.10. The van der Waals surface area contributed by atoms with E-state index in [9.17, 15) is 33.9 Å². The zero-order chi connectivity index (χ0) is 50.9. The summed E-state index contributed by atoms with van der Waals surface area (Å²) in [4.78, 5) is 85.4. The molecule has 382 valence electrons. The number of carboxylic acids is 1. The van der Waals surface area contributed by atoms with Crippen molar-refractivity contribution in [3.63, 3.8) is 0 Å². The molecule has 71 heavy (non-hydrogen) atoms. The smallest absolute Gasteiger partial charge is 0.870 e. The van der Waals surface area contributed by atoms with Crippen molar-refractivity contribution in [1.82, 2.24) is 15.1 Å². The number of carbonyl (C=O) groups is 6. The van der Waals surface area contributed by atoms with Gasteiger partial charge in [0, 0.05) is 23.4 Å². The number of fused-ring (bicyclic) bond motifs is 6. The maximum atomic E-state index is 13.4. The quantitative estimate of drug-likeness (QED) is 0.208. The second-order valence-corrected chi connectivity index (χ2v) is 20.5. The van der Waals surface area contributed by atoms with E-state index in [0.717, 1.165) is 112 Å². The molecule has 3 spiro atoms. The number of hydrogen-bond acceptors (Lipinski definition) is 12. The van der Waals surface area contributed by atoms with Crippen molar-refractivity contribution in [2.75, 3.05) is 88.7 Å². The third kappa shape index (κ3) is 9.90. The van der Waals surface area contributed by atoms with E-state index in [1.165, 1.54) is 25.5 Å². The van der Waals surface area contributed by atoms with Gasteiger partial charge < -0.3 is 35.2 Å². The average molecular weight is 996 g/mol. The van der Waals surface area contributed by atoms with Crippen LogP contribution in [0.15, 0.2) is 72.8 Å². The summed E-state index contributed by atoms with van der Waals surface area (Å²) in [6.07, 6.45) is 6.05. The molecule has 6 aliphatic heterocycles. The molecule has 3 saturated heterocycles. The first kappa shape index (κ1) is 58.8. The number of ether oxygens (including phenoxy) is 2. The number of methoxy groups -OCH3 is 2. The molecular formula is C53H72ClLiN6O10. The van der Waals surface area contributed by atoms with Crippen LogP contribution in [0, 0.1) is 0 Å². The summed E-state index contributed by atoms with van der Waals surface area (Å²) < 4.78 is 9.86. The van der Waals surface area contributed by atoms with Gasteiger partial charge in [0.2, 0.25) is 17.7 Å². The van der Waals surface area contributed by atoms with Crippen LogP contribution in [0.3, 0.4) is 0 Å². The Labute approximate surface area is 436 Å². The second kappa shape index (κ2) is 22.5. The van der Waals surface area contributed by atoms with Gasteiger partial charge in [0.25, 0.3) is 0 Å². The number of carboxylic acid groups (broad SMARTS) is 1. The summed E-state index contributed by atoms with van der Waals surface area (Å²) in [6.45, 7) is 15.3. The molecule has 6 heterocycles. The number of nitrogens with one attached hydrogen (secondary N) is 1. The van der Waals surface area contributed by atoms with Crippen LogP contribution in [0.4, 0.5) is 17.1 Å². The molecule has 16 nitrogen and oxygen atoms in total. The number of hydrogen-bond donors (Lipinski definition) is 2. The van der Waals surface area contributed by atoms with Crippen molar-refractivity contribution < 1.29 is 67.7 Å². The molecule has 0 saturated carbocycles. The van der Waals surface area contributed by atoms with E-state index in [2.05, 4.69) is 40.8 Å². The standard InChI is InChI=1S/C18H24N2O3.2C17H22N2O3.CH3Cl.Li.H2O/c1-17(2,16(22)23-4)20-14-8-6-5-7-13(14)18(15(20)21)9-11-19(3)12-10-18;1-16(2,15(21)22-3)19-13-7-5-4-6-12(13)17(14(19)20)8-10-18-11-9-17;1-16(2,15(21)22)19-13-7-5-4-6-12(13)17(14(19)20)8-10-18(3)11-9-17;1-2;;/h5-8H,9-12H2,1-4H3;4-7,18H,8-11H2,1-3H3;4-7H,8-11H2,1-3H3,(H,21,22);1H3;;1H2/q;;;;+1;/p-1. The van der Waals surface area contributed by atoms with Crippen LogP contribution in [0.1, 0.15) is 96.8 Å². The number of carbonyl (C=O) groups excluding carboxylic acids is 5. The first-order valence-electron chi connectivity index (χ1n) is 23.8. The van der Waals surface area contributed by atoms with Crippen molar-refractivity contribution in [3.8, 4) is 0 Å². The van der Waals surface area contributed by atoms with Gasteiger partial charge in [-0.1, -0.05) is 54.6 Å². The third-order valence-electron chi connectivity index (χ3n) is 15.5. The Hall–Kier alpha value is -4.79. The number of halogens is 1. The van der Waals surface area contributed by atoms with Gasteiger partial charge in [0.15, 0.2) is 0 Å². The molecule has 3 fully saturated rings. The molecule has 0 atom stereocenters. The molecule has 0 aromatic heterocycles. The zero-order valence-electron chi connectivity index (χ0n) is 43.7. The molecular weight excluding hydrogens is 923 g/mol. The van der Waals surface area contributed by atoms with Gasteiger partial charge in [-0.2, -0.15) is 0 Å². The zero-order valence-corrected chi connectivity index (χ0v) is 44.4. The Bertz CT molecular complexity index is 2440. The van der Waals surface area contributed by atoms with Crippen LogP contribution in [-0.2, 0) is 54.5 Å². The van der Waals surface area contributed by atoms with E-state index < -0.39 is 50.8 Å². The molecule has 18 heteroatoms. The molecule has 0 unspecified atom stereocenters. The third-order valence-corrected chi connectivity index (χ3v) is 15.5. The van der Waals surface area contributed by atoms with E-state index >= 15 is 0 Å². The monoisotopic (exact) mass is 995 g/mol. The Kier molecular flexibility index (Phi) is 18.7. The van der Waals surface area contributed by atoms with Crippen LogP contribution in [-0.4, -0.2) is 147 Å². The minimum Gasteiger partial charge on any atom is -0.870 e. The van der Waals surface area contributed by atoms with Gasteiger partial charge in [-0.15, -0.1) is 11.6 Å². The van der Waals surface area contributed by atoms with Crippen molar-refractivity contribution in [2.24, 2.45) is 0 Å².